The molecule has 0 spiro atoms. The number of phenols is 1. The van der Waals surface area contributed by atoms with E-state index in [4.69, 9.17) is 4.74 Å². The number of ether oxygens (including phenoxy) is 1. The number of esters is 1. The minimum Gasteiger partial charge on any atom is -0.507 e. The molecule has 0 saturated carbocycles. The van der Waals surface area contributed by atoms with E-state index in [0.717, 1.165) is 16.7 Å². The molecule has 0 unspecified atom stereocenters. The predicted molar refractivity (Wildman–Crippen MR) is 100.0 cm³/mol. The molecule has 0 radical (unpaired) electrons. The summed E-state index contributed by atoms with van der Waals surface area (Å²) in [6, 6.07) is 8.36. The Morgan fingerprint density at radius 1 is 1.12 bits per heavy atom. The van der Waals surface area contributed by atoms with Gasteiger partial charge in [-0.3, -0.25) is 4.79 Å². The molecule has 0 aliphatic heterocycles. The fourth-order valence-electron chi connectivity index (χ4n) is 2.55. The first-order chi connectivity index (χ1) is 11.7. The van der Waals surface area contributed by atoms with Crippen LogP contribution in [0.2, 0.25) is 0 Å². The fraction of sp³-hybridized carbons (Fsp3) is 0.263. The maximum Gasteiger partial charge on any atom is 0.342 e. The summed E-state index contributed by atoms with van der Waals surface area (Å²) in [6.45, 7) is 7.29. The van der Waals surface area contributed by atoms with Crippen LogP contribution in [-0.4, -0.2) is 23.1 Å². The Kier molecular flexibility index (Phi) is 5.85. The van der Waals surface area contributed by atoms with Gasteiger partial charge in [-0.05, 0) is 57.0 Å². The number of anilines is 1. The van der Waals surface area contributed by atoms with Crippen molar-refractivity contribution in [3.8, 4) is 5.75 Å². The zero-order valence-corrected chi connectivity index (χ0v) is 16.1. The number of hydrogen-bond acceptors (Lipinski definition) is 4. The van der Waals surface area contributed by atoms with Gasteiger partial charge < -0.3 is 15.2 Å². The molecular weight excluding hydrogens is 386 g/mol. The molecule has 2 N–H and O–H groups in total. The van der Waals surface area contributed by atoms with Crippen LogP contribution in [0, 0.1) is 20.8 Å². The highest BCUT2D eigenvalue weighted by atomic mass is 79.9. The van der Waals surface area contributed by atoms with Crippen molar-refractivity contribution >= 4 is 33.5 Å². The topological polar surface area (TPSA) is 75.6 Å². The molecule has 0 heterocycles. The number of aryl methyl sites for hydroxylation is 3. The molecule has 2 aromatic carbocycles. The highest BCUT2D eigenvalue weighted by molar-refractivity contribution is 9.10. The maximum atomic E-state index is 12.4. The maximum absolute atomic E-state index is 12.4. The molecule has 0 bridgehead atoms. The smallest absolute Gasteiger partial charge is 0.342 e. The lowest BCUT2D eigenvalue weighted by atomic mass is 10.0. The zero-order valence-electron chi connectivity index (χ0n) is 14.5. The van der Waals surface area contributed by atoms with Gasteiger partial charge in [0.05, 0.1) is 0 Å². The third-order valence-corrected chi connectivity index (χ3v) is 4.25. The van der Waals surface area contributed by atoms with E-state index in [2.05, 4.69) is 21.2 Å². The van der Waals surface area contributed by atoms with Crippen LogP contribution >= 0.6 is 15.9 Å². The summed E-state index contributed by atoms with van der Waals surface area (Å²) < 4.78 is 5.80. The van der Waals surface area contributed by atoms with Crippen LogP contribution in [0.1, 0.15) is 34.0 Å². The van der Waals surface area contributed by atoms with Gasteiger partial charge in [-0.1, -0.05) is 33.6 Å². The highest BCUT2D eigenvalue weighted by Crippen LogP contribution is 2.24. The minimum absolute atomic E-state index is 0.00304. The number of benzene rings is 2. The van der Waals surface area contributed by atoms with Crippen LogP contribution in [0.5, 0.6) is 5.75 Å². The van der Waals surface area contributed by atoms with Crippen LogP contribution in [0.25, 0.3) is 0 Å². The van der Waals surface area contributed by atoms with E-state index >= 15 is 0 Å². The summed E-state index contributed by atoms with van der Waals surface area (Å²) in [4.78, 5) is 24.5. The second-order valence-corrected chi connectivity index (χ2v) is 6.89. The molecule has 1 amide bonds. The number of phenolic OH excluding ortho intramolecular Hbond substituents is 1. The largest absolute Gasteiger partial charge is 0.507 e. The molecule has 132 valence electrons. The second kappa shape index (κ2) is 7.70. The Morgan fingerprint density at radius 2 is 1.72 bits per heavy atom. The van der Waals surface area contributed by atoms with E-state index in [-0.39, 0.29) is 11.3 Å². The van der Waals surface area contributed by atoms with Crippen molar-refractivity contribution in [3.05, 3.63) is 57.1 Å². The third-order valence-electron chi connectivity index (χ3n) is 3.76. The van der Waals surface area contributed by atoms with Crippen molar-refractivity contribution in [2.75, 3.05) is 5.32 Å². The van der Waals surface area contributed by atoms with Gasteiger partial charge in [-0.15, -0.1) is 0 Å². The van der Waals surface area contributed by atoms with Gasteiger partial charge in [0, 0.05) is 10.2 Å². The van der Waals surface area contributed by atoms with E-state index in [1.54, 1.807) is 6.07 Å². The monoisotopic (exact) mass is 405 g/mol. The molecular formula is C19H20BrNO4. The van der Waals surface area contributed by atoms with Gasteiger partial charge in [0.25, 0.3) is 5.91 Å². The van der Waals surface area contributed by atoms with Crippen LogP contribution in [0.3, 0.4) is 0 Å². The van der Waals surface area contributed by atoms with Crippen LogP contribution in [0.15, 0.2) is 34.8 Å². The summed E-state index contributed by atoms with van der Waals surface area (Å²) in [7, 11) is 0. The molecule has 5 nitrogen and oxygen atoms in total. The lowest BCUT2D eigenvalue weighted by Crippen LogP contribution is -2.30. The average Bonchev–Trinajstić information content (AvgIpc) is 2.52. The Labute approximate surface area is 155 Å². The van der Waals surface area contributed by atoms with E-state index in [9.17, 15) is 14.7 Å². The van der Waals surface area contributed by atoms with Crippen molar-refractivity contribution in [1.29, 1.82) is 0 Å². The van der Waals surface area contributed by atoms with Gasteiger partial charge >= 0.3 is 5.97 Å². The zero-order chi connectivity index (χ0) is 18.7. The molecule has 0 aliphatic carbocycles. The molecule has 0 aliphatic rings. The summed E-state index contributed by atoms with van der Waals surface area (Å²) in [5.41, 5.74) is 3.70. The van der Waals surface area contributed by atoms with Crippen LogP contribution < -0.4 is 5.32 Å². The normalized spacial score (nSPS) is 11.7. The quantitative estimate of drug-likeness (QED) is 0.744. The Bertz CT molecular complexity index is 809. The standard InChI is InChI=1S/C19H20BrNO4/c1-10-7-11(2)17(12(3)8-10)21-18(23)13(4)25-19(24)15-9-14(20)5-6-16(15)22/h5-9,13,22H,1-4H3,(H,21,23)/t13-/m0/s1. The van der Waals surface area contributed by atoms with Gasteiger partial charge in [0.15, 0.2) is 6.10 Å². The molecule has 0 fully saturated rings. The van der Waals surface area contributed by atoms with E-state index < -0.39 is 18.0 Å². The van der Waals surface area contributed by atoms with Crippen LogP contribution in [0.4, 0.5) is 5.69 Å². The number of carbonyl (C=O) groups excluding carboxylic acids is 2. The minimum atomic E-state index is -1.01. The highest BCUT2D eigenvalue weighted by Gasteiger charge is 2.22. The molecule has 6 heteroatoms. The number of rotatable bonds is 4. The summed E-state index contributed by atoms with van der Waals surface area (Å²) in [6.07, 6.45) is -1.01. The number of carbonyl (C=O) groups is 2. The first kappa shape index (κ1) is 19.0. The van der Waals surface area contributed by atoms with Crippen molar-refractivity contribution < 1.29 is 19.4 Å². The lowest BCUT2D eigenvalue weighted by molar-refractivity contribution is -0.123. The number of nitrogens with one attached hydrogen (secondary N) is 1. The average molecular weight is 406 g/mol. The van der Waals surface area contributed by atoms with Crippen LogP contribution in [-0.2, 0) is 9.53 Å². The third kappa shape index (κ3) is 4.60. The molecule has 0 saturated heterocycles. The van der Waals surface area contributed by atoms with Gasteiger partial charge in [-0.2, -0.15) is 0 Å². The Balaban J connectivity index is 2.10. The SMILES string of the molecule is Cc1cc(C)c(NC(=O)[C@H](C)OC(=O)c2cc(Br)ccc2O)c(C)c1. The lowest BCUT2D eigenvalue weighted by Gasteiger charge is -2.17. The predicted octanol–water partition coefficient (Wildman–Crippen LogP) is 4.26. The molecule has 2 aromatic rings. The first-order valence-corrected chi connectivity index (χ1v) is 8.56. The van der Waals surface area contributed by atoms with Crippen molar-refractivity contribution in [1.82, 2.24) is 0 Å². The second-order valence-electron chi connectivity index (χ2n) is 5.97. The van der Waals surface area contributed by atoms with Gasteiger partial charge in [0.1, 0.15) is 11.3 Å². The Hall–Kier alpha value is -2.34. The van der Waals surface area contributed by atoms with E-state index in [1.807, 2.05) is 32.9 Å². The number of halogens is 1. The Morgan fingerprint density at radius 3 is 2.32 bits per heavy atom. The molecule has 0 aromatic heterocycles. The molecule has 1 atom stereocenters. The van der Waals surface area contributed by atoms with Gasteiger partial charge in [0.2, 0.25) is 0 Å². The van der Waals surface area contributed by atoms with Crippen molar-refractivity contribution in [2.24, 2.45) is 0 Å². The van der Waals surface area contributed by atoms with Crippen molar-refractivity contribution in [3.63, 3.8) is 0 Å². The van der Waals surface area contributed by atoms with E-state index in [1.165, 1.54) is 19.1 Å². The van der Waals surface area contributed by atoms with Crippen molar-refractivity contribution in [2.45, 2.75) is 33.8 Å². The summed E-state index contributed by atoms with van der Waals surface area (Å²) >= 11 is 3.23. The number of amides is 1. The first-order valence-electron chi connectivity index (χ1n) is 7.77. The summed E-state index contributed by atoms with van der Waals surface area (Å²) in [5, 5.41) is 12.6. The molecule has 2 rings (SSSR count). The molecule has 25 heavy (non-hydrogen) atoms. The number of hydrogen-bond donors (Lipinski definition) is 2. The fourth-order valence-corrected chi connectivity index (χ4v) is 2.91. The van der Waals surface area contributed by atoms with Gasteiger partial charge in [-0.25, -0.2) is 4.79 Å². The number of aromatic hydroxyl groups is 1. The van der Waals surface area contributed by atoms with E-state index in [0.29, 0.717) is 10.2 Å². The summed E-state index contributed by atoms with van der Waals surface area (Å²) in [5.74, 6) is -1.40.